The number of carbonyl (C=O) groups is 1. The molecule has 9 heteroatoms. The van der Waals surface area contributed by atoms with E-state index in [-0.39, 0.29) is 28.1 Å². The second-order valence-electron chi connectivity index (χ2n) is 6.62. The lowest BCUT2D eigenvalue weighted by atomic mass is 9.95. The third kappa shape index (κ3) is 3.90. The topological polar surface area (TPSA) is 76.3 Å². The standard InChI is InChI=1S/C18H20ClFN4O3/c1-22-15(10-16(25)23(2)18(22)27)24-7-5-11(6-8-24)17(26)21-12-3-4-14(20)13(19)9-12/h3-4,9-11H,5-8H2,1-2H3,(H,21,26). The maximum absolute atomic E-state index is 13.2. The maximum atomic E-state index is 13.2. The molecular weight excluding hydrogens is 375 g/mol. The van der Waals surface area contributed by atoms with Gasteiger partial charge in [0, 0.05) is 44.9 Å². The van der Waals surface area contributed by atoms with Crippen molar-refractivity contribution < 1.29 is 9.18 Å². The van der Waals surface area contributed by atoms with Crippen molar-refractivity contribution in [1.82, 2.24) is 9.13 Å². The van der Waals surface area contributed by atoms with Gasteiger partial charge in [0.1, 0.15) is 11.6 Å². The summed E-state index contributed by atoms with van der Waals surface area (Å²) in [6, 6.07) is 5.47. The van der Waals surface area contributed by atoms with E-state index in [0.29, 0.717) is 37.4 Å². The van der Waals surface area contributed by atoms with Gasteiger partial charge in [0.15, 0.2) is 0 Å². The highest BCUT2D eigenvalue weighted by atomic mass is 35.5. The predicted octanol–water partition coefficient (Wildman–Crippen LogP) is 1.73. The Kier molecular flexibility index (Phi) is 5.36. The highest BCUT2D eigenvalue weighted by Gasteiger charge is 2.26. The molecule has 2 aromatic rings. The van der Waals surface area contributed by atoms with Crippen molar-refractivity contribution in [2.24, 2.45) is 20.0 Å². The fraction of sp³-hybridized carbons (Fsp3) is 0.389. The number of amides is 1. The van der Waals surface area contributed by atoms with Gasteiger partial charge in [-0.25, -0.2) is 9.18 Å². The maximum Gasteiger partial charge on any atom is 0.332 e. The Bertz CT molecular complexity index is 993. The van der Waals surface area contributed by atoms with Crippen molar-refractivity contribution in [2.45, 2.75) is 12.8 Å². The zero-order valence-electron chi connectivity index (χ0n) is 15.0. The van der Waals surface area contributed by atoms with E-state index in [0.717, 1.165) is 4.57 Å². The van der Waals surface area contributed by atoms with Crippen LogP contribution in [-0.2, 0) is 18.9 Å². The van der Waals surface area contributed by atoms with Gasteiger partial charge in [0.25, 0.3) is 5.56 Å². The summed E-state index contributed by atoms with van der Waals surface area (Å²) in [5.41, 5.74) is -0.297. The van der Waals surface area contributed by atoms with Crippen LogP contribution in [0, 0.1) is 11.7 Å². The molecule has 0 aliphatic carbocycles. The van der Waals surface area contributed by atoms with Crippen molar-refractivity contribution in [2.75, 3.05) is 23.3 Å². The van der Waals surface area contributed by atoms with Gasteiger partial charge in [-0.3, -0.25) is 18.7 Å². The van der Waals surface area contributed by atoms with Crippen LogP contribution in [0.4, 0.5) is 15.9 Å². The molecule has 3 rings (SSSR count). The molecule has 1 fully saturated rings. The molecule has 0 radical (unpaired) electrons. The molecule has 0 saturated carbocycles. The number of hydrogen-bond donors (Lipinski definition) is 1. The minimum atomic E-state index is -0.539. The first kappa shape index (κ1) is 19.2. The fourth-order valence-electron chi connectivity index (χ4n) is 3.21. The van der Waals surface area contributed by atoms with Gasteiger partial charge in [-0.2, -0.15) is 0 Å². The van der Waals surface area contributed by atoms with Gasteiger partial charge in [-0.15, -0.1) is 0 Å². The Hall–Kier alpha value is -2.61. The summed E-state index contributed by atoms with van der Waals surface area (Å²) in [5.74, 6) is -0.362. The first-order chi connectivity index (χ1) is 12.8. The van der Waals surface area contributed by atoms with Crippen LogP contribution >= 0.6 is 11.6 Å². The lowest BCUT2D eigenvalue weighted by Gasteiger charge is -2.33. The highest BCUT2D eigenvalue weighted by molar-refractivity contribution is 6.31. The number of rotatable bonds is 3. The summed E-state index contributed by atoms with van der Waals surface area (Å²) >= 11 is 5.73. The molecule has 7 nitrogen and oxygen atoms in total. The lowest BCUT2D eigenvalue weighted by molar-refractivity contribution is -0.120. The van der Waals surface area contributed by atoms with E-state index in [1.807, 2.05) is 4.90 Å². The molecule has 1 saturated heterocycles. The number of aromatic nitrogens is 2. The first-order valence-corrected chi connectivity index (χ1v) is 8.93. The van der Waals surface area contributed by atoms with Crippen LogP contribution in [0.5, 0.6) is 0 Å². The summed E-state index contributed by atoms with van der Waals surface area (Å²) in [5, 5.41) is 2.71. The first-order valence-electron chi connectivity index (χ1n) is 8.56. The number of nitrogens with zero attached hydrogens (tertiary/aromatic N) is 3. The number of hydrogen-bond acceptors (Lipinski definition) is 4. The zero-order chi connectivity index (χ0) is 19.7. The van der Waals surface area contributed by atoms with E-state index in [9.17, 15) is 18.8 Å². The number of piperidine rings is 1. The Balaban J connectivity index is 1.67. The van der Waals surface area contributed by atoms with Crippen molar-refractivity contribution >= 4 is 29.0 Å². The second-order valence-corrected chi connectivity index (χ2v) is 7.03. The average Bonchev–Trinajstić information content (AvgIpc) is 2.66. The molecule has 0 atom stereocenters. The van der Waals surface area contributed by atoms with Crippen molar-refractivity contribution in [3.8, 4) is 0 Å². The van der Waals surface area contributed by atoms with Gasteiger partial charge in [-0.05, 0) is 31.0 Å². The van der Waals surface area contributed by atoms with E-state index in [2.05, 4.69) is 5.32 Å². The fourth-order valence-corrected chi connectivity index (χ4v) is 3.39. The molecule has 1 N–H and O–H groups in total. The molecule has 2 heterocycles. The molecular formula is C18H20ClFN4O3. The van der Waals surface area contributed by atoms with Crippen molar-refractivity contribution in [3.63, 3.8) is 0 Å². The lowest BCUT2D eigenvalue weighted by Crippen LogP contribution is -2.44. The van der Waals surface area contributed by atoms with E-state index in [1.54, 1.807) is 7.05 Å². The number of halogens is 2. The minimum Gasteiger partial charge on any atom is -0.358 e. The number of carbonyl (C=O) groups excluding carboxylic acids is 1. The van der Waals surface area contributed by atoms with Crippen molar-refractivity contribution in [1.29, 1.82) is 0 Å². The Labute approximate surface area is 160 Å². The number of benzene rings is 1. The number of nitrogens with one attached hydrogen (secondary N) is 1. The van der Waals surface area contributed by atoms with Gasteiger partial charge in [-0.1, -0.05) is 11.6 Å². The summed E-state index contributed by atoms with van der Waals surface area (Å²) in [4.78, 5) is 38.4. The Morgan fingerprint density at radius 1 is 1.15 bits per heavy atom. The van der Waals surface area contributed by atoms with E-state index in [4.69, 9.17) is 11.6 Å². The molecule has 0 bridgehead atoms. The summed E-state index contributed by atoms with van der Waals surface area (Å²) in [7, 11) is 3.06. The molecule has 1 aliphatic rings. The van der Waals surface area contributed by atoms with E-state index < -0.39 is 5.82 Å². The van der Waals surface area contributed by atoms with Crippen molar-refractivity contribution in [3.05, 3.63) is 55.9 Å². The van der Waals surface area contributed by atoms with Crippen LogP contribution in [0.2, 0.25) is 5.02 Å². The molecule has 1 aromatic carbocycles. The molecule has 27 heavy (non-hydrogen) atoms. The Morgan fingerprint density at radius 2 is 1.81 bits per heavy atom. The minimum absolute atomic E-state index is 0.0470. The quantitative estimate of drug-likeness (QED) is 0.860. The summed E-state index contributed by atoms with van der Waals surface area (Å²) in [6.07, 6.45) is 1.15. The monoisotopic (exact) mass is 394 g/mol. The normalized spacial score (nSPS) is 15.0. The summed E-state index contributed by atoms with van der Waals surface area (Å²) < 4.78 is 15.7. The molecule has 1 aliphatic heterocycles. The molecule has 144 valence electrons. The molecule has 1 amide bonds. The van der Waals surface area contributed by atoms with Gasteiger partial charge in [0.05, 0.1) is 5.02 Å². The van der Waals surface area contributed by atoms with Gasteiger partial charge < -0.3 is 10.2 Å². The zero-order valence-corrected chi connectivity index (χ0v) is 15.8. The SMILES string of the molecule is Cn1c(N2CCC(C(=O)Nc3ccc(F)c(Cl)c3)CC2)cc(=O)n(C)c1=O. The summed E-state index contributed by atoms with van der Waals surface area (Å²) in [6.45, 7) is 1.09. The third-order valence-electron chi connectivity index (χ3n) is 4.88. The van der Waals surface area contributed by atoms with Crippen LogP contribution in [-0.4, -0.2) is 28.1 Å². The predicted molar refractivity (Wildman–Crippen MR) is 102 cm³/mol. The molecule has 0 spiro atoms. The van der Waals surface area contributed by atoms with Crippen LogP contribution in [0.3, 0.4) is 0 Å². The van der Waals surface area contributed by atoms with Gasteiger partial charge in [0.2, 0.25) is 5.91 Å². The largest absolute Gasteiger partial charge is 0.358 e. The second kappa shape index (κ2) is 7.56. The van der Waals surface area contributed by atoms with E-state index >= 15 is 0 Å². The van der Waals surface area contributed by atoms with Gasteiger partial charge >= 0.3 is 5.69 Å². The molecule has 1 aromatic heterocycles. The molecule has 0 unspecified atom stereocenters. The van der Waals surface area contributed by atoms with Crippen LogP contribution < -0.4 is 21.5 Å². The Morgan fingerprint density at radius 3 is 2.44 bits per heavy atom. The number of anilines is 2. The van der Waals surface area contributed by atoms with Crippen LogP contribution in [0.1, 0.15) is 12.8 Å². The van der Waals surface area contributed by atoms with Crippen LogP contribution in [0.25, 0.3) is 0 Å². The third-order valence-corrected chi connectivity index (χ3v) is 5.17. The van der Waals surface area contributed by atoms with Crippen LogP contribution in [0.15, 0.2) is 33.9 Å². The highest BCUT2D eigenvalue weighted by Crippen LogP contribution is 2.24. The van der Waals surface area contributed by atoms with E-state index in [1.165, 1.54) is 35.9 Å². The average molecular weight is 395 g/mol. The smallest absolute Gasteiger partial charge is 0.332 e.